The number of aromatic nitrogens is 1. The molecule has 0 aliphatic heterocycles. The van der Waals surface area contributed by atoms with Gasteiger partial charge in [-0.3, -0.25) is 0 Å². The van der Waals surface area contributed by atoms with Crippen LogP contribution >= 0.6 is 22.9 Å². The first-order valence-corrected chi connectivity index (χ1v) is 21.0. The second-order valence-electron chi connectivity index (χ2n) is 15.8. The molecule has 6 aromatic carbocycles. The van der Waals surface area contributed by atoms with Crippen molar-refractivity contribution in [2.24, 2.45) is 0 Å². The SMILES string of the molecule is Clc1cccc(O[n+]2csc3ccccc32)c1.FC(F)(F)c1cc([B-](c2cc(C(F)(F)F)cc(C(F)(F)F)c2)(c2cc(C(F)(F)F)cc(C(F)(F)F)c2)c2cc(C(F)(F)F)cc(C(F)(F)F)c2)cc(C(F)(F)F)c1. The molecule has 1 aromatic heterocycles. The Morgan fingerprint density at radius 1 is 0.351 bits per heavy atom. The average Bonchev–Trinajstić information content (AvgIpc) is 3.66. The van der Waals surface area contributed by atoms with Crippen molar-refractivity contribution in [3.05, 3.63) is 176 Å². The van der Waals surface area contributed by atoms with Crippen molar-refractivity contribution < 1.29 is 115 Å². The minimum atomic E-state index is -6.13. The molecule has 0 aliphatic rings. The van der Waals surface area contributed by atoms with Gasteiger partial charge in [-0.05, 0) is 42.5 Å². The zero-order valence-corrected chi connectivity index (χ0v) is 37.0. The third kappa shape index (κ3) is 12.6. The number of nitrogens with zero attached hydrogens (tertiary/aromatic N) is 1. The lowest BCUT2D eigenvalue weighted by molar-refractivity contribution is -0.851. The van der Waals surface area contributed by atoms with E-state index in [1.165, 1.54) is 4.70 Å². The molecular weight excluding hydrogens is 1100 g/mol. The van der Waals surface area contributed by atoms with Gasteiger partial charge in [0.25, 0.3) is 11.0 Å². The molecule has 0 amide bonds. The van der Waals surface area contributed by atoms with E-state index in [4.69, 9.17) is 16.4 Å². The molecule has 29 heteroatoms. The van der Waals surface area contributed by atoms with Crippen LogP contribution < -0.4 is 31.4 Å². The zero-order valence-electron chi connectivity index (χ0n) is 35.4. The van der Waals surface area contributed by atoms with Gasteiger partial charge < -0.3 is 0 Å². The molecule has 0 aliphatic carbocycles. The summed E-state index contributed by atoms with van der Waals surface area (Å²) in [6.07, 6.45) is -54.8. The normalized spacial score (nSPS) is 13.5. The summed E-state index contributed by atoms with van der Waals surface area (Å²) in [5.41, 5.74) is -27.2. The lowest BCUT2D eigenvalue weighted by Crippen LogP contribution is -2.75. The maximum atomic E-state index is 14.2. The molecule has 7 rings (SSSR count). The van der Waals surface area contributed by atoms with Gasteiger partial charge in [-0.25, -0.2) is 4.84 Å². The summed E-state index contributed by atoms with van der Waals surface area (Å²) >= 11 is 7.56. The molecule has 0 fully saturated rings. The molecule has 396 valence electrons. The molecule has 0 radical (unpaired) electrons. The molecule has 74 heavy (non-hydrogen) atoms. The topological polar surface area (TPSA) is 13.1 Å². The third-order valence-corrected chi connectivity index (χ3v) is 11.9. The lowest BCUT2D eigenvalue weighted by atomic mass is 9.12. The zero-order chi connectivity index (χ0) is 55.6. The Kier molecular flexibility index (Phi) is 15.0. The van der Waals surface area contributed by atoms with Crippen LogP contribution in [0.15, 0.2) is 127 Å². The largest absolute Gasteiger partial charge is 0.416 e. The summed E-state index contributed by atoms with van der Waals surface area (Å²) in [6.45, 7) is 0. The van der Waals surface area contributed by atoms with Gasteiger partial charge in [0.15, 0.2) is 0 Å². The number of rotatable bonds is 6. The van der Waals surface area contributed by atoms with Gasteiger partial charge in [-0.15, -0.1) is 0 Å². The Hall–Kier alpha value is -6.32. The molecular formula is C45H21BClF24NOS. The highest BCUT2D eigenvalue weighted by Crippen LogP contribution is 2.41. The van der Waals surface area contributed by atoms with E-state index in [0.717, 1.165) is 11.3 Å². The standard InChI is InChI=1S/C32H12BF24.C13H9ClNOS/c34-25(35,36)13-1-14(26(37,38)39)6-21(5-13)33(22-7-15(27(40,41)42)2-16(8-22)28(43,44)45,23-9-17(29(46,47)48)3-18(10-23)30(49,50)51)24-11-19(31(52,53)54)4-20(12-24)32(55,56)57;14-10-4-3-5-11(8-10)16-15-9-17-13-7-2-1-6-12(13)15/h1-12H;1-9H/q-1;+1. The van der Waals surface area contributed by atoms with Crippen molar-refractivity contribution in [3.63, 3.8) is 0 Å². The Bertz CT molecular complexity index is 2740. The van der Waals surface area contributed by atoms with Crippen molar-refractivity contribution in [2.45, 2.75) is 49.4 Å². The van der Waals surface area contributed by atoms with E-state index in [1.807, 2.05) is 41.9 Å². The first kappa shape index (κ1) is 57.0. The quantitative estimate of drug-likeness (QED) is 0.0919. The smallest absolute Gasteiger partial charge is 0.230 e. The molecule has 0 saturated heterocycles. The van der Waals surface area contributed by atoms with Crippen LogP contribution in [0.2, 0.25) is 5.02 Å². The highest BCUT2D eigenvalue weighted by atomic mass is 35.5. The first-order chi connectivity index (χ1) is 33.6. The predicted octanol–water partition coefficient (Wildman–Crippen LogP) is 14.9. The van der Waals surface area contributed by atoms with E-state index in [2.05, 4.69) is 6.07 Å². The molecule has 0 unspecified atom stereocenters. The highest BCUT2D eigenvalue weighted by Gasteiger charge is 2.47. The first-order valence-electron chi connectivity index (χ1n) is 19.8. The van der Waals surface area contributed by atoms with Crippen LogP contribution in [-0.2, 0) is 49.4 Å². The van der Waals surface area contributed by atoms with Crippen LogP contribution in [0.1, 0.15) is 44.5 Å². The molecule has 0 saturated carbocycles. The summed E-state index contributed by atoms with van der Waals surface area (Å²) < 4.78 is 344. The van der Waals surface area contributed by atoms with Gasteiger partial charge in [-0.2, -0.15) is 127 Å². The van der Waals surface area contributed by atoms with E-state index < -0.39 is 195 Å². The number of alkyl halides is 24. The fraction of sp³-hybridized carbons (Fsp3) is 0.178. The van der Waals surface area contributed by atoms with Crippen LogP contribution in [0.5, 0.6) is 5.75 Å². The van der Waals surface area contributed by atoms with Crippen molar-refractivity contribution in [1.82, 2.24) is 0 Å². The monoisotopic (exact) mass is 1130 g/mol. The van der Waals surface area contributed by atoms with Crippen LogP contribution in [0.25, 0.3) is 10.2 Å². The Morgan fingerprint density at radius 3 is 0.905 bits per heavy atom. The van der Waals surface area contributed by atoms with E-state index in [9.17, 15) is 105 Å². The number of fused-ring (bicyclic) bond motifs is 1. The molecule has 0 bridgehead atoms. The Morgan fingerprint density at radius 2 is 0.635 bits per heavy atom. The molecule has 2 nitrogen and oxygen atoms in total. The van der Waals surface area contributed by atoms with Gasteiger partial charge in [0, 0.05) is 21.9 Å². The maximum absolute atomic E-state index is 14.2. The van der Waals surface area contributed by atoms with Crippen molar-refractivity contribution >= 4 is 61.2 Å². The van der Waals surface area contributed by atoms with E-state index in [-0.39, 0.29) is 0 Å². The highest BCUT2D eigenvalue weighted by molar-refractivity contribution is 7.20. The summed E-state index contributed by atoms with van der Waals surface area (Å²) in [5.74, 6) is 0.728. The van der Waals surface area contributed by atoms with E-state index in [0.29, 0.717) is 5.02 Å². The summed E-state index contributed by atoms with van der Waals surface area (Å²) in [4.78, 5) is 5.76. The van der Waals surface area contributed by atoms with Crippen LogP contribution in [0.3, 0.4) is 0 Å². The summed E-state index contributed by atoms with van der Waals surface area (Å²) in [5, 5.41) is 0.669. The van der Waals surface area contributed by atoms with Crippen molar-refractivity contribution in [3.8, 4) is 5.75 Å². The number of benzene rings is 6. The van der Waals surface area contributed by atoms with Gasteiger partial charge in [0.2, 0.25) is 5.75 Å². The molecule has 1 heterocycles. The number of hydrogen-bond acceptors (Lipinski definition) is 2. The number of para-hydroxylation sites is 1. The molecule has 0 atom stereocenters. The molecule has 7 aromatic rings. The molecule has 0 spiro atoms. The summed E-state index contributed by atoms with van der Waals surface area (Å²) in [6, 6.07) is 6.66. The van der Waals surface area contributed by atoms with E-state index in [1.54, 1.807) is 22.1 Å². The summed E-state index contributed by atoms with van der Waals surface area (Å²) in [7, 11) is 0. The molecule has 0 N–H and O–H groups in total. The number of halogens is 25. The number of hydrogen-bond donors (Lipinski definition) is 0. The Labute approximate surface area is 406 Å². The van der Waals surface area contributed by atoms with Crippen LogP contribution in [0.4, 0.5) is 105 Å². The average molecular weight is 1130 g/mol. The second kappa shape index (κ2) is 19.4. The fourth-order valence-electron chi connectivity index (χ4n) is 7.68. The second-order valence-corrected chi connectivity index (χ2v) is 17.1. The van der Waals surface area contributed by atoms with Crippen molar-refractivity contribution in [2.75, 3.05) is 0 Å². The van der Waals surface area contributed by atoms with E-state index >= 15 is 0 Å². The van der Waals surface area contributed by atoms with Crippen LogP contribution in [0, 0.1) is 0 Å². The van der Waals surface area contributed by atoms with Gasteiger partial charge in [0.1, 0.15) is 10.8 Å². The third-order valence-electron chi connectivity index (χ3n) is 10.8. The minimum Gasteiger partial charge on any atom is -0.230 e. The Balaban J connectivity index is 0.000000436. The van der Waals surface area contributed by atoms with Crippen LogP contribution in [-0.4, -0.2) is 6.15 Å². The maximum Gasteiger partial charge on any atom is 0.416 e. The fourth-order valence-corrected chi connectivity index (χ4v) is 8.66. The number of thiazole rings is 1. The minimum absolute atomic E-state index is 0.669. The van der Waals surface area contributed by atoms with Gasteiger partial charge >= 0.3 is 49.4 Å². The van der Waals surface area contributed by atoms with Crippen molar-refractivity contribution in [1.29, 1.82) is 0 Å². The van der Waals surface area contributed by atoms with Gasteiger partial charge in [-0.1, -0.05) is 89.7 Å². The lowest BCUT2D eigenvalue weighted by Gasteiger charge is -2.46. The predicted molar refractivity (Wildman–Crippen MR) is 220 cm³/mol. The van der Waals surface area contributed by atoms with Gasteiger partial charge in [0.05, 0.1) is 44.5 Å².